The van der Waals surface area contributed by atoms with Crippen molar-refractivity contribution < 1.29 is 22.3 Å². The lowest BCUT2D eigenvalue weighted by molar-refractivity contribution is -0.137. The molecular weight excluding hydrogens is 428 g/mol. The molecule has 170 valence electrons. The van der Waals surface area contributed by atoms with Crippen LogP contribution in [0.1, 0.15) is 25.2 Å². The SMILES string of the molecule is Cc1nc2c(-c3ccc(C(F)(F)F)cc3F)nc(N3CCOC(C)(C)C3)cc2c(=O)n1C. The maximum atomic E-state index is 14.9. The van der Waals surface area contributed by atoms with Gasteiger partial charge in [-0.15, -0.1) is 0 Å². The third-order valence-corrected chi connectivity index (χ3v) is 5.57. The van der Waals surface area contributed by atoms with E-state index in [4.69, 9.17) is 4.74 Å². The molecule has 0 radical (unpaired) electrons. The molecule has 4 rings (SSSR count). The molecule has 0 bridgehead atoms. The molecule has 3 heterocycles. The van der Waals surface area contributed by atoms with Crippen molar-refractivity contribution in [3.05, 3.63) is 51.8 Å². The number of morpholine rings is 1. The Hall–Kier alpha value is -3.01. The predicted molar refractivity (Wildman–Crippen MR) is 112 cm³/mol. The molecule has 0 saturated carbocycles. The molecule has 0 amide bonds. The van der Waals surface area contributed by atoms with E-state index in [2.05, 4.69) is 9.97 Å². The highest BCUT2D eigenvalue weighted by Gasteiger charge is 2.32. The number of alkyl halides is 3. The number of nitrogens with zero attached hydrogens (tertiary/aromatic N) is 4. The van der Waals surface area contributed by atoms with E-state index in [9.17, 15) is 22.4 Å². The van der Waals surface area contributed by atoms with Gasteiger partial charge in [-0.1, -0.05) is 0 Å². The number of hydrogen-bond donors (Lipinski definition) is 0. The number of pyridine rings is 1. The van der Waals surface area contributed by atoms with E-state index >= 15 is 0 Å². The van der Waals surface area contributed by atoms with Gasteiger partial charge < -0.3 is 9.64 Å². The summed E-state index contributed by atoms with van der Waals surface area (Å²) in [6, 6.07) is 3.85. The van der Waals surface area contributed by atoms with Gasteiger partial charge in [0.2, 0.25) is 0 Å². The standard InChI is InChI=1S/C22H22F4N4O2/c1-12-27-19-15(20(31)29(12)4)10-17(30-7-8-32-21(2,3)11-30)28-18(19)14-6-5-13(9-16(14)23)22(24,25)26/h5-6,9-10H,7-8,11H2,1-4H3. The molecule has 0 unspecified atom stereocenters. The van der Waals surface area contributed by atoms with Crippen molar-refractivity contribution >= 4 is 16.7 Å². The van der Waals surface area contributed by atoms with Crippen LogP contribution in [0.25, 0.3) is 22.2 Å². The van der Waals surface area contributed by atoms with Crippen molar-refractivity contribution in [1.29, 1.82) is 0 Å². The number of halogens is 4. The van der Waals surface area contributed by atoms with Gasteiger partial charge in [0.05, 0.1) is 23.2 Å². The van der Waals surface area contributed by atoms with Crippen molar-refractivity contribution in [2.75, 3.05) is 24.6 Å². The van der Waals surface area contributed by atoms with Crippen molar-refractivity contribution in [2.45, 2.75) is 32.5 Å². The molecule has 1 aromatic carbocycles. The Kier molecular flexibility index (Phi) is 5.23. The normalized spacial score (nSPS) is 16.6. The Labute approximate surface area is 181 Å². The Morgan fingerprint density at radius 1 is 1.16 bits per heavy atom. The molecule has 3 aromatic rings. The second kappa shape index (κ2) is 7.54. The largest absolute Gasteiger partial charge is 0.416 e. The average molecular weight is 450 g/mol. The van der Waals surface area contributed by atoms with E-state index in [1.807, 2.05) is 18.7 Å². The van der Waals surface area contributed by atoms with Crippen LogP contribution in [0.5, 0.6) is 0 Å². The van der Waals surface area contributed by atoms with Crippen LogP contribution in [0.15, 0.2) is 29.1 Å². The highest BCUT2D eigenvalue weighted by molar-refractivity contribution is 5.93. The van der Waals surface area contributed by atoms with E-state index in [0.29, 0.717) is 37.4 Å². The third-order valence-electron chi connectivity index (χ3n) is 5.57. The van der Waals surface area contributed by atoms with E-state index in [-0.39, 0.29) is 27.7 Å². The van der Waals surface area contributed by atoms with Crippen molar-refractivity contribution in [3.8, 4) is 11.3 Å². The summed E-state index contributed by atoms with van der Waals surface area (Å²) in [5.41, 5.74) is -1.91. The number of anilines is 1. The second-order valence-electron chi connectivity index (χ2n) is 8.47. The minimum absolute atomic E-state index is 0.0221. The first kappa shape index (κ1) is 22.2. The van der Waals surface area contributed by atoms with Gasteiger partial charge in [0.25, 0.3) is 5.56 Å². The van der Waals surface area contributed by atoms with E-state index in [1.54, 1.807) is 20.0 Å². The van der Waals surface area contributed by atoms with E-state index < -0.39 is 23.2 Å². The Bertz CT molecular complexity index is 1270. The fourth-order valence-electron chi connectivity index (χ4n) is 3.81. The van der Waals surface area contributed by atoms with Crippen LogP contribution >= 0.6 is 0 Å². The van der Waals surface area contributed by atoms with Crippen LogP contribution in [0, 0.1) is 12.7 Å². The van der Waals surface area contributed by atoms with Crippen LogP contribution in [0.4, 0.5) is 23.4 Å². The van der Waals surface area contributed by atoms with Crippen LogP contribution in [0.3, 0.4) is 0 Å². The quantitative estimate of drug-likeness (QED) is 0.551. The van der Waals surface area contributed by atoms with Crippen LogP contribution < -0.4 is 10.5 Å². The smallest absolute Gasteiger partial charge is 0.372 e. The van der Waals surface area contributed by atoms with Gasteiger partial charge in [-0.25, -0.2) is 14.4 Å². The first-order chi connectivity index (χ1) is 14.9. The topological polar surface area (TPSA) is 60.2 Å². The lowest BCUT2D eigenvalue weighted by atomic mass is 10.0. The minimum atomic E-state index is -4.68. The Morgan fingerprint density at radius 3 is 2.50 bits per heavy atom. The summed E-state index contributed by atoms with van der Waals surface area (Å²) in [6.07, 6.45) is -4.68. The molecule has 0 spiro atoms. The molecule has 2 aromatic heterocycles. The van der Waals surface area contributed by atoms with Gasteiger partial charge >= 0.3 is 6.18 Å². The molecule has 1 aliphatic heterocycles. The fraction of sp³-hybridized carbons (Fsp3) is 0.409. The summed E-state index contributed by atoms with van der Waals surface area (Å²) in [7, 11) is 1.57. The molecule has 1 saturated heterocycles. The van der Waals surface area contributed by atoms with Gasteiger partial charge in [0.1, 0.15) is 28.7 Å². The number of benzene rings is 1. The summed E-state index contributed by atoms with van der Waals surface area (Å²) >= 11 is 0. The van der Waals surface area contributed by atoms with Gasteiger partial charge in [-0.3, -0.25) is 9.36 Å². The molecule has 0 atom stereocenters. The Balaban J connectivity index is 1.98. The van der Waals surface area contributed by atoms with Crippen molar-refractivity contribution in [3.63, 3.8) is 0 Å². The van der Waals surface area contributed by atoms with Gasteiger partial charge in [0.15, 0.2) is 0 Å². The van der Waals surface area contributed by atoms with Crippen LogP contribution in [0.2, 0.25) is 0 Å². The zero-order valence-corrected chi connectivity index (χ0v) is 18.0. The number of hydrogen-bond acceptors (Lipinski definition) is 5. The minimum Gasteiger partial charge on any atom is -0.372 e. The zero-order valence-electron chi connectivity index (χ0n) is 18.0. The van der Waals surface area contributed by atoms with Crippen LogP contribution in [-0.4, -0.2) is 39.8 Å². The summed E-state index contributed by atoms with van der Waals surface area (Å²) in [5, 5.41) is 0.210. The zero-order chi connectivity index (χ0) is 23.4. The summed E-state index contributed by atoms with van der Waals surface area (Å²) < 4.78 is 61.1. The van der Waals surface area contributed by atoms with Crippen molar-refractivity contribution in [1.82, 2.24) is 14.5 Å². The number of rotatable bonds is 2. The summed E-state index contributed by atoms with van der Waals surface area (Å²) in [6.45, 7) is 6.85. The molecule has 32 heavy (non-hydrogen) atoms. The van der Waals surface area contributed by atoms with Gasteiger partial charge in [-0.05, 0) is 45.0 Å². The Morgan fingerprint density at radius 2 is 1.88 bits per heavy atom. The first-order valence-corrected chi connectivity index (χ1v) is 10.0. The maximum absolute atomic E-state index is 14.9. The molecule has 10 heteroatoms. The molecule has 1 aliphatic rings. The van der Waals surface area contributed by atoms with Gasteiger partial charge in [0, 0.05) is 25.7 Å². The van der Waals surface area contributed by atoms with Crippen LogP contribution in [-0.2, 0) is 18.0 Å². The van der Waals surface area contributed by atoms with Crippen molar-refractivity contribution in [2.24, 2.45) is 7.05 Å². The molecular formula is C22H22F4N4O2. The predicted octanol–water partition coefficient (Wildman–Crippen LogP) is 4.08. The highest BCUT2D eigenvalue weighted by atomic mass is 19.4. The summed E-state index contributed by atoms with van der Waals surface area (Å²) in [4.78, 5) is 23.9. The maximum Gasteiger partial charge on any atom is 0.416 e. The average Bonchev–Trinajstić information content (AvgIpc) is 2.70. The number of ether oxygens (including phenoxy) is 1. The summed E-state index contributed by atoms with van der Waals surface area (Å²) in [5.74, 6) is -0.308. The molecule has 6 nitrogen and oxygen atoms in total. The van der Waals surface area contributed by atoms with Gasteiger partial charge in [-0.2, -0.15) is 13.2 Å². The lowest BCUT2D eigenvalue weighted by Gasteiger charge is -2.39. The monoisotopic (exact) mass is 450 g/mol. The highest BCUT2D eigenvalue weighted by Crippen LogP contribution is 2.35. The molecule has 0 aliphatic carbocycles. The van der Waals surface area contributed by atoms with E-state index in [1.165, 1.54) is 4.57 Å². The molecule has 0 N–H and O–H groups in total. The number of aromatic nitrogens is 3. The fourth-order valence-corrected chi connectivity index (χ4v) is 3.81. The number of fused-ring (bicyclic) bond motifs is 1. The first-order valence-electron chi connectivity index (χ1n) is 10.0. The third kappa shape index (κ3) is 3.94. The lowest BCUT2D eigenvalue weighted by Crippen LogP contribution is -2.48. The number of aryl methyl sites for hydroxylation is 1. The molecule has 1 fully saturated rings. The van der Waals surface area contributed by atoms with E-state index in [0.717, 1.165) is 12.1 Å². The second-order valence-corrected chi connectivity index (χ2v) is 8.47.